The Morgan fingerprint density at radius 2 is 2.05 bits per heavy atom. The van der Waals surface area contributed by atoms with Gasteiger partial charge in [0, 0.05) is 37.6 Å². The van der Waals surface area contributed by atoms with Crippen molar-refractivity contribution < 1.29 is 0 Å². The average molecular weight is 259 g/mol. The molecule has 1 aliphatic carbocycles. The molecule has 2 fully saturated rings. The van der Waals surface area contributed by atoms with Crippen LogP contribution in [0.2, 0.25) is 0 Å². The Bertz CT molecular complexity index is 378. The fraction of sp³-hybridized carbons (Fsp3) is 0.688. The predicted molar refractivity (Wildman–Crippen MR) is 77.9 cm³/mol. The van der Waals surface area contributed by atoms with Crippen LogP contribution in [0.4, 0.5) is 0 Å². The van der Waals surface area contributed by atoms with Crippen molar-refractivity contribution in [3.63, 3.8) is 0 Å². The van der Waals surface area contributed by atoms with Crippen molar-refractivity contribution in [2.24, 2.45) is 5.92 Å². The van der Waals surface area contributed by atoms with Crippen molar-refractivity contribution in [2.45, 2.75) is 50.7 Å². The number of rotatable bonds is 4. The number of nitrogens with one attached hydrogen (secondary N) is 1. The van der Waals surface area contributed by atoms with Crippen LogP contribution in [-0.4, -0.2) is 35.6 Å². The van der Waals surface area contributed by atoms with Gasteiger partial charge in [0.25, 0.3) is 0 Å². The Labute approximate surface area is 116 Å². The summed E-state index contributed by atoms with van der Waals surface area (Å²) >= 11 is 0. The van der Waals surface area contributed by atoms with Gasteiger partial charge in [-0.2, -0.15) is 0 Å². The lowest BCUT2D eigenvalue weighted by Crippen LogP contribution is -2.39. The molecule has 2 heterocycles. The summed E-state index contributed by atoms with van der Waals surface area (Å²) in [6, 6.07) is 5.73. The summed E-state index contributed by atoms with van der Waals surface area (Å²) in [5, 5.41) is 3.86. The lowest BCUT2D eigenvalue weighted by atomic mass is 9.85. The normalized spacial score (nSPS) is 30.5. The SMILES string of the molecule is CN(Cc1ccncc1)CC1CC2CCCCC2N1. The van der Waals surface area contributed by atoms with Gasteiger partial charge in [0.05, 0.1) is 0 Å². The number of pyridine rings is 1. The molecule has 3 heteroatoms. The molecule has 0 amide bonds. The van der Waals surface area contributed by atoms with Gasteiger partial charge in [0.1, 0.15) is 0 Å². The van der Waals surface area contributed by atoms with Crippen molar-refractivity contribution in [1.29, 1.82) is 0 Å². The fourth-order valence-corrected chi connectivity index (χ4v) is 3.81. The number of likely N-dealkylation sites (N-methyl/N-ethyl adjacent to an activating group) is 1. The maximum atomic E-state index is 4.07. The molecule has 0 spiro atoms. The second-order valence-corrected chi connectivity index (χ2v) is 6.30. The zero-order valence-corrected chi connectivity index (χ0v) is 11.9. The molecule has 3 unspecified atom stereocenters. The molecular formula is C16H25N3. The van der Waals surface area contributed by atoms with Gasteiger partial charge >= 0.3 is 0 Å². The van der Waals surface area contributed by atoms with E-state index < -0.39 is 0 Å². The predicted octanol–water partition coefficient (Wildman–Crippen LogP) is 2.43. The van der Waals surface area contributed by atoms with Crippen molar-refractivity contribution in [1.82, 2.24) is 15.2 Å². The highest BCUT2D eigenvalue weighted by Gasteiger charge is 2.35. The Kier molecular flexibility index (Phi) is 4.14. The third-order valence-corrected chi connectivity index (χ3v) is 4.68. The summed E-state index contributed by atoms with van der Waals surface area (Å²) < 4.78 is 0. The van der Waals surface area contributed by atoms with Crippen molar-refractivity contribution in [2.75, 3.05) is 13.6 Å². The van der Waals surface area contributed by atoms with Crippen LogP contribution in [0.15, 0.2) is 24.5 Å². The number of nitrogens with zero attached hydrogens (tertiary/aromatic N) is 2. The summed E-state index contributed by atoms with van der Waals surface area (Å²) in [6.07, 6.45) is 10.9. The van der Waals surface area contributed by atoms with Crippen LogP contribution in [0.1, 0.15) is 37.7 Å². The molecule has 1 aromatic heterocycles. The second-order valence-electron chi connectivity index (χ2n) is 6.30. The monoisotopic (exact) mass is 259 g/mol. The fourth-order valence-electron chi connectivity index (χ4n) is 3.81. The highest BCUT2D eigenvalue weighted by atomic mass is 15.1. The number of aromatic nitrogens is 1. The molecule has 1 saturated heterocycles. The van der Waals surface area contributed by atoms with Gasteiger partial charge in [-0.25, -0.2) is 0 Å². The molecule has 0 radical (unpaired) electrons. The highest BCUT2D eigenvalue weighted by Crippen LogP contribution is 2.33. The van der Waals surface area contributed by atoms with Crippen LogP contribution in [0.5, 0.6) is 0 Å². The van der Waals surface area contributed by atoms with Crippen molar-refractivity contribution >= 4 is 0 Å². The molecule has 0 aromatic carbocycles. The highest BCUT2D eigenvalue weighted by molar-refractivity contribution is 5.09. The molecule has 104 valence electrons. The van der Waals surface area contributed by atoms with Crippen LogP contribution in [0, 0.1) is 5.92 Å². The standard InChI is InChI=1S/C16H25N3/c1-19(11-13-6-8-17-9-7-13)12-15-10-14-4-2-3-5-16(14)18-15/h6-9,14-16,18H,2-5,10-12H2,1H3. The third kappa shape index (κ3) is 3.34. The first-order valence-electron chi connectivity index (χ1n) is 7.65. The molecule has 1 aromatic rings. The van der Waals surface area contributed by atoms with Gasteiger partial charge in [0.2, 0.25) is 0 Å². The minimum atomic E-state index is 0.694. The molecule has 1 aliphatic heterocycles. The minimum absolute atomic E-state index is 0.694. The largest absolute Gasteiger partial charge is 0.310 e. The van der Waals surface area contributed by atoms with E-state index >= 15 is 0 Å². The molecule has 1 N–H and O–H groups in total. The zero-order valence-electron chi connectivity index (χ0n) is 11.9. The topological polar surface area (TPSA) is 28.2 Å². The molecule has 0 bridgehead atoms. The quantitative estimate of drug-likeness (QED) is 0.900. The van der Waals surface area contributed by atoms with Crippen molar-refractivity contribution in [3.05, 3.63) is 30.1 Å². The Balaban J connectivity index is 1.49. The van der Waals surface area contributed by atoms with E-state index in [-0.39, 0.29) is 0 Å². The van der Waals surface area contributed by atoms with Gasteiger partial charge in [-0.15, -0.1) is 0 Å². The first-order chi connectivity index (χ1) is 9.31. The van der Waals surface area contributed by atoms with Gasteiger partial charge in [-0.1, -0.05) is 12.8 Å². The lowest BCUT2D eigenvalue weighted by molar-refractivity contribution is 0.288. The van der Waals surface area contributed by atoms with E-state index in [4.69, 9.17) is 0 Å². The molecule has 2 aliphatic rings. The zero-order chi connectivity index (χ0) is 13.1. The van der Waals surface area contributed by atoms with Gasteiger partial charge < -0.3 is 10.2 Å². The third-order valence-electron chi connectivity index (χ3n) is 4.68. The Hall–Kier alpha value is -0.930. The van der Waals surface area contributed by atoms with E-state index in [1.807, 2.05) is 12.4 Å². The summed E-state index contributed by atoms with van der Waals surface area (Å²) in [4.78, 5) is 6.51. The first-order valence-corrected chi connectivity index (χ1v) is 7.65. The van der Waals surface area contributed by atoms with E-state index in [9.17, 15) is 0 Å². The molecule has 1 saturated carbocycles. The average Bonchev–Trinajstić information content (AvgIpc) is 2.81. The second kappa shape index (κ2) is 6.02. The van der Waals surface area contributed by atoms with Gasteiger partial charge in [0.15, 0.2) is 0 Å². The van der Waals surface area contributed by atoms with Crippen LogP contribution < -0.4 is 5.32 Å². The molecule has 3 atom stereocenters. The molecule has 3 rings (SSSR count). The molecular weight excluding hydrogens is 234 g/mol. The summed E-state index contributed by atoms with van der Waals surface area (Å²) in [5.74, 6) is 0.952. The molecule has 3 nitrogen and oxygen atoms in total. The number of hydrogen-bond donors (Lipinski definition) is 1. The van der Waals surface area contributed by atoms with Crippen LogP contribution in [0.25, 0.3) is 0 Å². The van der Waals surface area contributed by atoms with Crippen LogP contribution in [-0.2, 0) is 6.54 Å². The number of fused-ring (bicyclic) bond motifs is 1. The first kappa shape index (κ1) is 13.1. The van der Waals surface area contributed by atoms with E-state index in [0.29, 0.717) is 6.04 Å². The Morgan fingerprint density at radius 3 is 2.84 bits per heavy atom. The van der Waals surface area contributed by atoms with E-state index in [2.05, 4.69) is 34.4 Å². The lowest BCUT2D eigenvalue weighted by Gasteiger charge is -2.24. The minimum Gasteiger partial charge on any atom is -0.310 e. The Morgan fingerprint density at radius 1 is 1.26 bits per heavy atom. The van der Waals surface area contributed by atoms with Crippen LogP contribution in [0.3, 0.4) is 0 Å². The van der Waals surface area contributed by atoms with E-state index in [0.717, 1.165) is 25.0 Å². The van der Waals surface area contributed by atoms with E-state index in [1.54, 1.807) is 0 Å². The van der Waals surface area contributed by atoms with E-state index in [1.165, 1.54) is 37.7 Å². The van der Waals surface area contributed by atoms with Gasteiger partial charge in [-0.05, 0) is 49.9 Å². The summed E-state index contributed by atoms with van der Waals surface area (Å²) in [5.41, 5.74) is 1.35. The maximum Gasteiger partial charge on any atom is 0.0271 e. The maximum absolute atomic E-state index is 4.07. The molecule has 19 heavy (non-hydrogen) atoms. The van der Waals surface area contributed by atoms with Gasteiger partial charge in [-0.3, -0.25) is 4.98 Å². The van der Waals surface area contributed by atoms with Crippen molar-refractivity contribution in [3.8, 4) is 0 Å². The summed E-state index contributed by atoms with van der Waals surface area (Å²) in [6.45, 7) is 2.19. The van der Waals surface area contributed by atoms with Crippen LogP contribution >= 0.6 is 0 Å². The summed E-state index contributed by atoms with van der Waals surface area (Å²) in [7, 11) is 2.23. The smallest absolute Gasteiger partial charge is 0.0271 e. The number of hydrogen-bond acceptors (Lipinski definition) is 3.